The molecule has 0 spiro atoms. The van der Waals surface area contributed by atoms with Gasteiger partial charge in [-0.2, -0.15) is 9.40 Å². The Morgan fingerprint density at radius 2 is 1.75 bits per heavy atom. The fourth-order valence-corrected chi connectivity index (χ4v) is 5.30. The van der Waals surface area contributed by atoms with Gasteiger partial charge >= 0.3 is 0 Å². The molecule has 1 aromatic carbocycles. The first-order chi connectivity index (χ1) is 14.8. The third kappa shape index (κ3) is 6.44. The van der Waals surface area contributed by atoms with Gasteiger partial charge < -0.3 is 10.6 Å². The van der Waals surface area contributed by atoms with Crippen LogP contribution < -0.4 is 10.6 Å². The van der Waals surface area contributed by atoms with Crippen molar-refractivity contribution in [3.05, 3.63) is 46.8 Å². The van der Waals surface area contributed by atoms with Crippen LogP contribution >= 0.6 is 24.0 Å². The number of hydrogen-bond acceptors (Lipinski definition) is 4. The van der Waals surface area contributed by atoms with E-state index in [1.54, 1.807) is 16.4 Å². The molecule has 0 saturated carbocycles. The SMILES string of the molecule is CCNC(=NCc1ccc(S(=O)(=O)N2CCCCC2)cc1)NCc1c(C)nn(C)c1C.I. The number of halogens is 1. The molecule has 32 heavy (non-hydrogen) atoms. The van der Waals surface area contributed by atoms with Crippen LogP contribution in [0.4, 0.5) is 0 Å². The maximum atomic E-state index is 12.8. The Kier molecular flexibility index (Phi) is 9.96. The third-order valence-electron chi connectivity index (χ3n) is 5.73. The van der Waals surface area contributed by atoms with Crippen molar-refractivity contribution in [2.24, 2.45) is 12.0 Å². The van der Waals surface area contributed by atoms with Gasteiger partial charge in [-0.25, -0.2) is 13.4 Å². The molecule has 1 aliphatic heterocycles. The van der Waals surface area contributed by atoms with Crippen LogP contribution in [0.3, 0.4) is 0 Å². The summed E-state index contributed by atoms with van der Waals surface area (Å²) in [7, 11) is -1.45. The Morgan fingerprint density at radius 1 is 1.09 bits per heavy atom. The number of aromatic nitrogens is 2. The lowest BCUT2D eigenvalue weighted by atomic mass is 10.2. The van der Waals surface area contributed by atoms with E-state index in [9.17, 15) is 8.42 Å². The second-order valence-corrected chi connectivity index (χ2v) is 9.87. The Hall–Kier alpha value is -1.66. The van der Waals surface area contributed by atoms with E-state index in [1.807, 2.05) is 37.7 Å². The third-order valence-corrected chi connectivity index (χ3v) is 7.64. The largest absolute Gasteiger partial charge is 0.357 e. The highest BCUT2D eigenvalue weighted by Crippen LogP contribution is 2.21. The van der Waals surface area contributed by atoms with E-state index in [0.29, 0.717) is 31.1 Å². The summed E-state index contributed by atoms with van der Waals surface area (Å²) in [4.78, 5) is 5.01. The van der Waals surface area contributed by atoms with Gasteiger partial charge in [0, 0.05) is 44.5 Å². The minimum Gasteiger partial charge on any atom is -0.357 e. The maximum Gasteiger partial charge on any atom is 0.243 e. The van der Waals surface area contributed by atoms with Gasteiger partial charge in [-0.3, -0.25) is 4.68 Å². The summed E-state index contributed by atoms with van der Waals surface area (Å²) < 4.78 is 29.1. The standard InChI is InChI=1S/C22H34N6O2S.HI/c1-5-23-22(25-16-21-17(2)26-27(4)18(21)3)24-15-19-9-11-20(12-10-19)31(29,30)28-13-7-6-8-14-28;/h9-12H,5-8,13-16H2,1-4H3,(H2,23,24,25);1H. The van der Waals surface area contributed by atoms with Crippen LogP contribution in [0, 0.1) is 13.8 Å². The molecule has 2 N–H and O–H groups in total. The van der Waals surface area contributed by atoms with Crippen LogP contribution in [0.2, 0.25) is 0 Å². The molecule has 2 heterocycles. The van der Waals surface area contributed by atoms with Crippen LogP contribution in [0.15, 0.2) is 34.2 Å². The molecule has 10 heteroatoms. The average molecular weight is 575 g/mol. The van der Waals surface area contributed by atoms with E-state index in [0.717, 1.165) is 48.7 Å². The topological polar surface area (TPSA) is 91.6 Å². The van der Waals surface area contributed by atoms with Crippen LogP contribution in [0.1, 0.15) is 48.7 Å². The molecular weight excluding hydrogens is 539 g/mol. The summed E-state index contributed by atoms with van der Waals surface area (Å²) in [5.74, 6) is 0.718. The monoisotopic (exact) mass is 574 g/mol. The molecule has 0 amide bonds. The number of guanidine groups is 1. The number of aliphatic imine (C=N–C) groups is 1. The van der Waals surface area contributed by atoms with Gasteiger partial charge in [0.2, 0.25) is 10.0 Å². The lowest BCUT2D eigenvalue weighted by Gasteiger charge is -2.25. The van der Waals surface area contributed by atoms with Gasteiger partial charge in [0.15, 0.2) is 5.96 Å². The van der Waals surface area contributed by atoms with E-state index >= 15 is 0 Å². The fraction of sp³-hybridized carbons (Fsp3) is 0.545. The molecule has 178 valence electrons. The molecule has 3 rings (SSSR count). The molecule has 8 nitrogen and oxygen atoms in total. The van der Waals surface area contributed by atoms with Gasteiger partial charge in [-0.1, -0.05) is 18.6 Å². The van der Waals surface area contributed by atoms with Gasteiger partial charge in [-0.15, -0.1) is 24.0 Å². The van der Waals surface area contributed by atoms with Gasteiger partial charge in [0.05, 0.1) is 17.1 Å². The Bertz CT molecular complexity index is 1010. The Morgan fingerprint density at radius 3 is 2.31 bits per heavy atom. The van der Waals surface area contributed by atoms with Crippen molar-refractivity contribution < 1.29 is 8.42 Å². The predicted molar refractivity (Wildman–Crippen MR) is 139 cm³/mol. The summed E-state index contributed by atoms with van der Waals surface area (Å²) in [6.45, 7) is 9.18. The zero-order chi connectivity index (χ0) is 22.4. The summed E-state index contributed by atoms with van der Waals surface area (Å²) >= 11 is 0. The minimum absolute atomic E-state index is 0. The number of nitrogens with zero attached hydrogens (tertiary/aromatic N) is 4. The summed E-state index contributed by atoms with van der Waals surface area (Å²) in [6, 6.07) is 7.08. The maximum absolute atomic E-state index is 12.8. The van der Waals surface area contributed by atoms with Gasteiger partial charge in [0.25, 0.3) is 0 Å². The van der Waals surface area contributed by atoms with Crippen molar-refractivity contribution >= 4 is 40.0 Å². The predicted octanol–water partition coefficient (Wildman–Crippen LogP) is 3.08. The van der Waals surface area contributed by atoms with E-state index in [1.165, 1.54) is 5.56 Å². The molecule has 0 bridgehead atoms. The zero-order valence-corrected chi connectivity index (χ0v) is 22.5. The smallest absolute Gasteiger partial charge is 0.243 e. The first-order valence-electron chi connectivity index (χ1n) is 10.9. The molecule has 1 fully saturated rings. The highest BCUT2D eigenvalue weighted by atomic mass is 127. The summed E-state index contributed by atoms with van der Waals surface area (Å²) in [5, 5.41) is 11.1. The van der Waals surface area contributed by atoms with Crippen molar-refractivity contribution in [2.45, 2.75) is 58.0 Å². The molecule has 1 aromatic heterocycles. The lowest BCUT2D eigenvalue weighted by Crippen LogP contribution is -2.37. The lowest BCUT2D eigenvalue weighted by molar-refractivity contribution is 0.346. The van der Waals surface area contributed by atoms with Crippen LogP contribution in [0.5, 0.6) is 0 Å². The van der Waals surface area contributed by atoms with Gasteiger partial charge in [-0.05, 0) is 51.3 Å². The first kappa shape index (κ1) is 26.6. The number of rotatable bonds is 7. The highest BCUT2D eigenvalue weighted by Gasteiger charge is 2.25. The molecule has 1 saturated heterocycles. The second-order valence-electron chi connectivity index (χ2n) is 7.93. The molecule has 0 atom stereocenters. The molecule has 0 unspecified atom stereocenters. The zero-order valence-electron chi connectivity index (χ0n) is 19.4. The molecule has 0 aliphatic carbocycles. The van der Waals surface area contributed by atoms with E-state index in [4.69, 9.17) is 0 Å². The van der Waals surface area contributed by atoms with Crippen molar-refractivity contribution in [3.63, 3.8) is 0 Å². The number of aryl methyl sites for hydroxylation is 2. The van der Waals surface area contributed by atoms with Crippen molar-refractivity contribution in [1.82, 2.24) is 24.7 Å². The van der Waals surface area contributed by atoms with Crippen molar-refractivity contribution in [1.29, 1.82) is 0 Å². The van der Waals surface area contributed by atoms with E-state index in [2.05, 4.69) is 27.6 Å². The quantitative estimate of drug-likeness (QED) is 0.302. The molecule has 2 aromatic rings. The number of sulfonamides is 1. The number of nitrogens with one attached hydrogen (secondary N) is 2. The Labute approximate surface area is 208 Å². The first-order valence-corrected chi connectivity index (χ1v) is 12.4. The second kappa shape index (κ2) is 12.0. The Balaban J connectivity index is 0.00000363. The van der Waals surface area contributed by atoms with E-state index < -0.39 is 10.0 Å². The van der Waals surface area contributed by atoms with Crippen molar-refractivity contribution in [2.75, 3.05) is 19.6 Å². The summed E-state index contributed by atoms with van der Waals surface area (Å²) in [5.41, 5.74) is 4.27. The van der Waals surface area contributed by atoms with Crippen LogP contribution in [-0.4, -0.2) is 48.1 Å². The fourth-order valence-electron chi connectivity index (χ4n) is 3.78. The number of piperidine rings is 1. The van der Waals surface area contributed by atoms with E-state index in [-0.39, 0.29) is 24.0 Å². The molecule has 0 radical (unpaired) electrons. The van der Waals surface area contributed by atoms with Crippen LogP contribution in [0.25, 0.3) is 0 Å². The minimum atomic E-state index is -3.40. The van der Waals surface area contributed by atoms with Crippen LogP contribution in [-0.2, 0) is 30.2 Å². The van der Waals surface area contributed by atoms with Gasteiger partial charge in [0.1, 0.15) is 0 Å². The normalized spacial score (nSPS) is 15.3. The molecular formula is C22H35IN6O2S. The average Bonchev–Trinajstić information content (AvgIpc) is 3.02. The highest BCUT2D eigenvalue weighted by molar-refractivity contribution is 14.0. The summed E-state index contributed by atoms with van der Waals surface area (Å²) in [6.07, 6.45) is 2.97. The van der Waals surface area contributed by atoms with Crippen molar-refractivity contribution in [3.8, 4) is 0 Å². The molecule has 1 aliphatic rings. The number of benzene rings is 1. The number of hydrogen-bond donors (Lipinski definition) is 2.